The van der Waals surface area contributed by atoms with Crippen molar-refractivity contribution in [1.82, 2.24) is 20.0 Å². The van der Waals surface area contributed by atoms with Crippen molar-refractivity contribution in [2.45, 2.75) is 33.5 Å². The molecule has 2 aromatic rings. The van der Waals surface area contributed by atoms with E-state index in [1.165, 1.54) is 6.92 Å². The molecule has 0 fully saturated rings. The van der Waals surface area contributed by atoms with Gasteiger partial charge in [0.05, 0.1) is 5.69 Å². The van der Waals surface area contributed by atoms with Gasteiger partial charge in [0, 0.05) is 20.0 Å². The van der Waals surface area contributed by atoms with Crippen LogP contribution >= 0.6 is 0 Å². The Morgan fingerprint density at radius 3 is 2.62 bits per heavy atom. The Bertz CT molecular complexity index is 604. The van der Waals surface area contributed by atoms with E-state index in [1.807, 2.05) is 6.92 Å². The minimum Gasteiger partial charge on any atom is -0.408 e. The fourth-order valence-electron chi connectivity index (χ4n) is 1.90. The smallest absolute Gasteiger partial charge is 0.408 e. The molecule has 0 unspecified atom stereocenters. The zero-order valence-electron chi connectivity index (χ0n) is 11.9. The number of aromatic nitrogens is 4. The molecule has 116 valence electrons. The Morgan fingerprint density at radius 2 is 2.05 bits per heavy atom. The van der Waals surface area contributed by atoms with Gasteiger partial charge in [0.1, 0.15) is 5.69 Å². The maximum Gasteiger partial charge on any atom is 0.433 e. The van der Waals surface area contributed by atoms with E-state index in [1.54, 1.807) is 6.92 Å². The van der Waals surface area contributed by atoms with Crippen LogP contribution in [0.15, 0.2) is 10.5 Å². The van der Waals surface area contributed by atoms with Crippen LogP contribution in [0.4, 0.5) is 19.2 Å². The van der Waals surface area contributed by atoms with Crippen LogP contribution in [-0.2, 0) is 12.7 Å². The van der Waals surface area contributed by atoms with Crippen molar-refractivity contribution in [3.8, 4) is 0 Å². The van der Waals surface area contributed by atoms with Gasteiger partial charge in [-0.3, -0.25) is 4.68 Å². The molecule has 0 bridgehead atoms. The average Bonchev–Trinajstić information content (AvgIpc) is 2.92. The third kappa shape index (κ3) is 3.96. The molecule has 9 heteroatoms. The summed E-state index contributed by atoms with van der Waals surface area (Å²) >= 11 is 0. The summed E-state index contributed by atoms with van der Waals surface area (Å²) in [5, 5.41) is 14.2. The van der Waals surface area contributed by atoms with Crippen molar-refractivity contribution >= 4 is 6.01 Å². The van der Waals surface area contributed by atoms with Gasteiger partial charge >= 0.3 is 12.2 Å². The van der Waals surface area contributed by atoms with Crippen molar-refractivity contribution in [3.63, 3.8) is 0 Å². The van der Waals surface area contributed by atoms with Crippen LogP contribution in [0.5, 0.6) is 0 Å². The van der Waals surface area contributed by atoms with Crippen LogP contribution in [0, 0.1) is 19.8 Å². The predicted octanol–water partition coefficient (Wildman–Crippen LogP) is 2.65. The van der Waals surface area contributed by atoms with Crippen LogP contribution in [0.25, 0.3) is 0 Å². The summed E-state index contributed by atoms with van der Waals surface area (Å²) in [5.74, 6) is 0.324. The predicted molar refractivity (Wildman–Crippen MR) is 68.7 cm³/mol. The van der Waals surface area contributed by atoms with Gasteiger partial charge in [-0.2, -0.15) is 18.3 Å². The molecule has 0 aliphatic heterocycles. The third-order valence-electron chi connectivity index (χ3n) is 2.80. The molecule has 0 aliphatic carbocycles. The minimum atomic E-state index is -4.40. The summed E-state index contributed by atoms with van der Waals surface area (Å²) in [4.78, 5) is 0. The lowest BCUT2D eigenvalue weighted by Gasteiger charge is -2.15. The highest BCUT2D eigenvalue weighted by Gasteiger charge is 2.35. The highest BCUT2D eigenvalue weighted by molar-refractivity contribution is 5.16. The zero-order chi connectivity index (χ0) is 15.6. The topological polar surface area (TPSA) is 68.8 Å². The Kier molecular flexibility index (Phi) is 4.19. The zero-order valence-corrected chi connectivity index (χ0v) is 11.9. The third-order valence-corrected chi connectivity index (χ3v) is 2.80. The largest absolute Gasteiger partial charge is 0.433 e. The first kappa shape index (κ1) is 15.3. The Balaban J connectivity index is 1.98. The first-order valence-corrected chi connectivity index (χ1v) is 6.41. The molecule has 0 aromatic carbocycles. The lowest BCUT2D eigenvalue weighted by molar-refractivity contribution is -0.144. The van der Waals surface area contributed by atoms with Crippen molar-refractivity contribution in [3.05, 3.63) is 23.3 Å². The number of halogens is 3. The number of aryl methyl sites for hydroxylation is 2. The molecule has 21 heavy (non-hydrogen) atoms. The first-order chi connectivity index (χ1) is 9.75. The van der Waals surface area contributed by atoms with Gasteiger partial charge in [-0.05, 0) is 18.9 Å². The van der Waals surface area contributed by atoms with Crippen LogP contribution in [-0.4, -0.2) is 26.5 Å². The highest BCUT2D eigenvalue weighted by atomic mass is 19.4. The fourth-order valence-corrected chi connectivity index (χ4v) is 1.90. The van der Waals surface area contributed by atoms with Gasteiger partial charge in [0.15, 0.2) is 0 Å². The van der Waals surface area contributed by atoms with Crippen LogP contribution in [0.3, 0.4) is 0 Å². The first-order valence-electron chi connectivity index (χ1n) is 6.41. The van der Waals surface area contributed by atoms with Gasteiger partial charge in [0.25, 0.3) is 0 Å². The molecule has 0 aliphatic rings. The van der Waals surface area contributed by atoms with Crippen LogP contribution < -0.4 is 5.32 Å². The van der Waals surface area contributed by atoms with E-state index >= 15 is 0 Å². The minimum absolute atomic E-state index is 0.0994. The molecular weight excluding hydrogens is 287 g/mol. The van der Waals surface area contributed by atoms with E-state index in [4.69, 9.17) is 4.42 Å². The molecular formula is C12H16F3N5O. The number of nitrogens with zero attached hydrogens (tertiary/aromatic N) is 4. The van der Waals surface area contributed by atoms with Crippen molar-refractivity contribution in [2.24, 2.45) is 5.92 Å². The molecule has 6 nitrogen and oxygen atoms in total. The lowest BCUT2D eigenvalue weighted by Crippen LogP contribution is -2.22. The summed E-state index contributed by atoms with van der Waals surface area (Å²) < 4.78 is 44.7. The summed E-state index contributed by atoms with van der Waals surface area (Å²) in [6.45, 7) is 5.55. The van der Waals surface area contributed by atoms with E-state index in [9.17, 15) is 13.2 Å². The van der Waals surface area contributed by atoms with Crippen LogP contribution in [0.1, 0.15) is 24.2 Å². The Hall–Kier alpha value is -2.06. The summed E-state index contributed by atoms with van der Waals surface area (Å²) in [5.41, 5.74) is -0.393. The number of rotatable bonds is 5. The van der Waals surface area contributed by atoms with E-state index in [0.717, 1.165) is 10.7 Å². The second kappa shape index (κ2) is 5.74. The molecule has 0 spiro atoms. The molecule has 0 radical (unpaired) electrons. The van der Waals surface area contributed by atoms with Gasteiger partial charge in [0.2, 0.25) is 5.89 Å². The number of anilines is 1. The van der Waals surface area contributed by atoms with E-state index < -0.39 is 11.9 Å². The quantitative estimate of drug-likeness (QED) is 0.919. The molecule has 2 heterocycles. The van der Waals surface area contributed by atoms with Gasteiger partial charge in [-0.15, -0.1) is 5.10 Å². The van der Waals surface area contributed by atoms with Crippen molar-refractivity contribution < 1.29 is 17.6 Å². The number of hydrogen-bond acceptors (Lipinski definition) is 5. The SMILES string of the molecule is Cc1cc(C(F)(F)F)n(C[C@@H](C)CNc2nnc(C)o2)n1. The van der Waals surface area contributed by atoms with E-state index in [0.29, 0.717) is 18.1 Å². The van der Waals surface area contributed by atoms with Crippen LogP contribution in [0.2, 0.25) is 0 Å². The number of alkyl halides is 3. The molecule has 0 saturated heterocycles. The highest BCUT2D eigenvalue weighted by Crippen LogP contribution is 2.30. The van der Waals surface area contributed by atoms with Gasteiger partial charge in [-0.1, -0.05) is 12.0 Å². The Morgan fingerprint density at radius 1 is 1.33 bits per heavy atom. The molecule has 0 amide bonds. The Labute approximate surface area is 119 Å². The number of hydrogen-bond donors (Lipinski definition) is 1. The summed E-state index contributed by atoms with van der Waals surface area (Å²) in [6, 6.07) is 1.30. The maximum atomic E-state index is 12.9. The molecule has 1 N–H and O–H groups in total. The monoisotopic (exact) mass is 303 g/mol. The van der Waals surface area contributed by atoms with Gasteiger partial charge < -0.3 is 9.73 Å². The standard InChI is InChI=1S/C12H16F3N5O/c1-7(5-16-11-18-17-9(3)21-11)6-20-10(12(13,14)15)4-8(2)19-20/h4,7H,5-6H2,1-3H3,(H,16,18)/t7-/m0/s1. The maximum absolute atomic E-state index is 12.9. The summed E-state index contributed by atoms with van der Waals surface area (Å²) in [6.07, 6.45) is -4.40. The van der Waals surface area contributed by atoms with Crippen molar-refractivity contribution in [1.29, 1.82) is 0 Å². The summed E-state index contributed by atoms with van der Waals surface area (Å²) in [7, 11) is 0. The molecule has 2 aromatic heterocycles. The van der Waals surface area contributed by atoms with E-state index in [2.05, 4.69) is 20.6 Å². The number of nitrogens with one attached hydrogen (secondary N) is 1. The second-order valence-corrected chi connectivity index (χ2v) is 4.96. The normalized spacial score (nSPS) is 13.4. The molecule has 0 saturated carbocycles. The lowest BCUT2D eigenvalue weighted by atomic mass is 10.2. The molecule has 2 rings (SSSR count). The second-order valence-electron chi connectivity index (χ2n) is 4.96. The van der Waals surface area contributed by atoms with Gasteiger partial charge in [-0.25, -0.2) is 0 Å². The fraction of sp³-hybridized carbons (Fsp3) is 0.583. The van der Waals surface area contributed by atoms with Crippen molar-refractivity contribution in [2.75, 3.05) is 11.9 Å². The average molecular weight is 303 g/mol. The molecule has 1 atom stereocenters. The van der Waals surface area contributed by atoms with E-state index in [-0.39, 0.29) is 18.5 Å².